The molecule has 1 aliphatic heterocycles. The van der Waals surface area contributed by atoms with Crippen molar-refractivity contribution in [3.63, 3.8) is 0 Å². The van der Waals surface area contributed by atoms with Crippen LogP contribution in [0, 0.1) is 30.1 Å². The minimum absolute atomic E-state index is 0.0799. The Hall–Kier alpha value is -1.91. The van der Waals surface area contributed by atoms with E-state index in [1.54, 1.807) is 6.20 Å². The monoisotopic (exact) mass is 367 g/mol. The molecule has 0 spiro atoms. The van der Waals surface area contributed by atoms with Gasteiger partial charge in [-0.3, -0.25) is 9.59 Å². The van der Waals surface area contributed by atoms with Crippen molar-refractivity contribution in [3.05, 3.63) is 23.9 Å². The van der Waals surface area contributed by atoms with Gasteiger partial charge in [-0.25, -0.2) is 4.98 Å². The predicted octanol–water partition coefficient (Wildman–Crippen LogP) is 3.54. The number of carbonyl (C=O) groups excluding carboxylic acids is 2. The first-order valence-electron chi connectivity index (χ1n) is 10.6. The number of hydrogen-bond acceptors (Lipinski definition) is 3. The van der Waals surface area contributed by atoms with E-state index in [-0.39, 0.29) is 23.3 Å². The fourth-order valence-electron chi connectivity index (χ4n) is 6.77. The topological polar surface area (TPSA) is 62.3 Å². The van der Waals surface area contributed by atoms with Crippen LogP contribution in [0.2, 0.25) is 0 Å². The maximum Gasteiger partial charge on any atom is 0.248 e. The van der Waals surface area contributed by atoms with Gasteiger partial charge in [0, 0.05) is 12.7 Å². The lowest BCUT2D eigenvalue weighted by atomic mass is 9.49. The molecule has 1 aromatic rings. The molecule has 5 fully saturated rings. The van der Waals surface area contributed by atoms with Gasteiger partial charge in [-0.2, -0.15) is 0 Å². The summed E-state index contributed by atoms with van der Waals surface area (Å²) in [4.78, 5) is 32.7. The highest BCUT2D eigenvalue weighted by Gasteiger charge is 2.56. The smallest absolute Gasteiger partial charge is 0.248 e. The van der Waals surface area contributed by atoms with Crippen molar-refractivity contribution in [2.24, 2.45) is 23.2 Å². The molecule has 0 radical (unpaired) electrons. The number of carbonyl (C=O) groups is 2. The van der Waals surface area contributed by atoms with Gasteiger partial charge in [0.25, 0.3) is 0 Å². The first-order chi connectivity index (χ1) is 13.0. The number of likely N-dealkylation sites (tertiary alicyclic amines) is 1. The molecule has 1 N–H and O–H groups in total. The van der Waals surface area contributed by atoms with Crippen molar-refractivity contribution in [3.8, 4) is 0 Å². The molecule has 2 heterocycles. The van der Waals surface area contributed by atoms with E-state index in [9.17, 15) is 9.59 Å². The van der Waals surface area contributed by atoms with Gasteiger partial charge in [-0.1, -0.05) is 0 Å². The van der Waals surface area contributed by atoms with Gasteiger partial charge in [0.15, 0.2) is 0 Å². The summed E-state index contributed by atoms with van der Waals surface area (Å²) in [5.41, 5.74) is 0.896. The Balaban J connectivity index is 1.33. The number of rotatable bonds is 3. The molecule has 5 heteroatoms. The second-order valence-corrected chi connectivity index (χ2v) is 9.56. The fraction of sp³-hybridized carbons (Fsp3) is 0.682. The number of nitrogens with zero attached hydrogens (tertiary/aromatic N) is 2. The van der Waals surface area contributed by atoms with E-state index in [1.807, 2.05) is 24.0 Å². The molecular weight excluding hydrogens is 338 g/mol. The van der Waals surface area contributed by atoms with Crippen molar-refractivity contribution < 1.29 is 9.59 Å². The van der Waals surface area contributed by atoms with E-state index in [0.717, 1.165) is 62.0 Å². The van der Waals surface area contributed by atoms with E-state index >= 15 is 0 Å². The molecule has 5 aliphatic rings. The maximum atomic E-state index is 13.7. The summed E-state index contributed by atoms with van der Waals surface area (Å²) in [6.45, 7) is 2.70. The molecule has 1 atom stereocenters. The van der Waals surface area contributed by atoms with Gasteiger partial charge in [0.05, 0.1) is 5.41 Å². The summed E-state index contributed by atoms with van der Waals surface area (Å²) < 4.78 is 0. The first-order valence-corrected chi connectivity index (χ1v) is 10.6. The Bertz CT molecular complexity index is 739. The van der Waals surface area contributed by atoms with E-state index in [1.165, 1.54) is 19.3 Å². The van der Waals surface area contributed by atoms with E-state index in [2.05, 4.69) is 10.3 Å². The summed E-state index contributed by atoms with van der Waals surface area (Å²) in [6, 6.07) is 3.44. The summed E-state index contributed by atoms with van der Waals surface area (Å²) in [7, 11) is 0. The minimum atomic E-state index is -0.340. The molecule has 1 saturated heterocycles. The van der Waals surface area contributed by atoms with Crippen LogP contribution in [-0.4, -0.2) is 34.3 Å². The molecule has 144 valence electrons. The summed E-state index contributed by atoms with van der Waals surface area (Å²) in [5, 5.41) is 2.94. The summed E-state index contributed by atoms with van der Waals surface area (Å²) in [6.07, 6.45) is 10.5. The molecule has 5 nitrogen and oxygen atoms in total. The lowest BCUT2D eigenvalue weighted by Crippen LogP contribution is -2.56. The van der Waals surface area contributed by atoms with E-state index in [0.29, 0.717) is 5.82 Å². The minimum Gasteiger partial charge on any atom is -0.330 e. The van der Waals surface area contributed by atoms with Gasteiger partial charge in [0.1, 0.15) is 11.9 Å². The summed E-state index contributed by atoms with van der Waals surface area (Å²) >= 11 is 0. The number of hydrogen-bond donors (Lipinski definition) is 1. The van der Waals surface area contributed by atoms with Crippen molar-refractivity contribution in [1.29, 1.82) is 0 Å². The Morgan fingerprint density at radius 3 is 2.44 bits per heavy atom. The highest BCUT2D eigenvalue weighted by molar-refractivity contribution is 5.98. The molecule has 2 amide bonds. The van der Waals surface area contributed by atoms with Crippen LogP contribution in [0.5, 0.6) is 0 Å². The number of aryl methyl sites for hydroxylation is 1. The van der Waals surface area contributed by atoms with Crippen LogP contribution in [-0.2, 0) is 9.59 Å². The van der Waals surface area contributed by atoms with Crippen LogP contribution < -0.4 is 5.32 Å². The van der Waals surface area contributed by atoms with Crippen LogP contribution >= 0.6 is 0 Å². The SMILES string of the molecule is Cc1ccnc(NC(=O)[C@@H]2CCCN2C(=O)C23CC4CC(CC(C4)C2)C3)c1. The largest absolute Gasteiger partial charge is 0.330 e. The fourth-order valence-corrected chi connectivity index (χ4v) is 6.77. The number of aromatic nitrogens is 1. The van der Waals surface area contributed by atoms with Crippen LogP contribution in [0.25, 0.3) is 0 Å². The Morgan fingerprint density at radius 2 is 1.81 bits per heavy atom. The van der Waals surface area contributed by atoms with E-state index < -0.39 is 0 Å². The number of amides is 2. The molecule has 0 aromatic carbocycles. The Morgan fingerprint density at radius 1 is 1.15 bits per heavy atom. The second kappa shape index (κ2) is 6.32. The molecule has 4 bridgehead atoms. The molecule has 1 aromatic heterocycles. The third kappa shape index (κ3) is 2.95. The molecule has 27 heavy (non-hydrogen) atoms. The Labute approximate surface area is 160 Å². The van der Waals surface area contributed by atoms with Crippen LogP contribution in [0.3, 0.4) is 0 Å². The van der Waals surface area contributed by atoms with Crippen molar-refractivity contribution in [2.75, 3.05) is 11.9 Å². The quantitative estimate of drug-likeness (QED) is 0.889. The molecular formula is C22H29N3O2. The molecule has 4 aliphatic carbocycles. The van der Waals surface area contributed by atoms with Gasteiger partial charge >= 0.3 is 0 Å². The van der Waals surface area contributed by atoms with Gasteiger partial charge in [0.2, 0.25) is 11.8 Å². The third-order valence-electron chi connectivity index (χ3n) is 7.47. The molecule has 0 unspecified atom stereocenters. The first kappa shape index (κ1) is 17.2. The van der Waals surface area contributed by atoms with Gasteiger partial charge in [-0.15, -0.1) is 0 Å². The standard InChI is InChI=1S/C22H29N3O2/c1-14-4-5-23-19(7-14)24-20(26)18-3-2-6-25(18)21(27)22-11-15-8-16(12-22)10-17(9-15)13-22/h4-5,7,15-18H,2-3,6,8-13H2,1H3,(H,23,24,26)/t15?,16?,17?,18-,22?/m0/s1. The maximum absolute atomic E-state index is 13.7. The van der Waals surface area contributed by atoms with Crippen LogP contribution in [0.1, 0.15) is 56.9 Å². The zero-order valence-corrected chi connectivity index (χ0v) is 16.1. The van der Waals surface area contributed by atoms with Crippen molar-refractivity contribution in [1.82, 2.24) is 9.88 Å². The highest BCUT2D eigenvalue weighted by atomic mass is 16.2. The third-order valence-corrected chi connectivity index (χ3v) is 7.47. The zero-order valence-electron chi connectivity index (χ0n) is 16.1. The second-order valence-electron chi connectivity index (χ2n) is 9.56. The number of anilines is 1. The Kier molecular flexibility index (Phi) is 4.03. The lowest BCUT2D eigenvalue weighted by molar-refractivity contribution is -0.160. The van der Waals surface area contributed by atoms with Gasteiger partial charge < -0.3 is 10.2 Å². The van der Waals surface area contributed by atoms with Crippen molar-refractivity contribution >= 4 is 17.6 Å². The van der Waals surface area contributed by atoms with Gasteiger partial charge in [-0.05, 0) is 93.7 Å². The summed E-state index contributed by atoms with van der Waals surface area (Å²) in [5.74, 6) is 3.00. The molecule has 4 saturated carbocycles. The van der Waals surface area contributed by atoms with Crippen LogP contribution in [0.15, 0.2) is 18.3 Å². The van der Waals surface area contributed by atoms with Crippen LogP contribution in [0.4, 0.5) is 5.82 Å². The lowest BCUT2D eigenvalue weighted by Gasteiger charge is -2.56. The normalized spacial score (nSPS) is 36.9. The number of pyridine rings is 1. The van der Waals surface area contributed by atoms with E-state index in [4.69, 9.17) is 0 Å². The predicted molar refractivity (Wildman–Crippen MR) is 103 cm³/mol. The molecule has 6 rings (SSSR count). The average molecular weight is 367 g/mol. The van der Waals surface area contributed by atoms with Crippen molar-refractivity contribution in [2.45, 2.75) is 64.3 Å². The highest BCUT2D eigenvalue weighted by Crippen LogP contribution is 2.60. The zero-order chi connectivity index (χ0) is 18.6. The average Bonchev–Trinajstić information content (AvgIpc) is 3.09. The number of nitrogens with one attached hydrogen (secondary N) is 1.